The summed E-state index contributed by atoms with van der Waals surface area (Å²) < 4.78 is 5.43. The van der Waals surface area contributed by atoms with Crippen LogP contribution in [0.4, 0.5) is 0 Å². The second-order valence-electron chi connectivity index (χ2n) is 23.1. The Bertz CT molecular complexity index is 1340. The zero-order valence-corrected chi connectivity index (χ0v) is 51.4. The van der Waals surface area contributed by atoms with Crippen LogP contribution in [-0.4, -0.2) is 47.4 Å². The molecule has 0 radical (unpaired) electrons. The SMILES string of the molecule is CCCCC/C=C\C/C=C\CCCCCCCCCCCC(=O)OCC/C=C\C/C=C\CCCCCCCCCCCCCCCCC(=O)NC(CO)C(O)/C=C/CCCCCCCCCCCCCCCCCCCC. The Morgan fingerprint density at radius 1 is 0.364 bits per heavy atom. The maximum Gasteiger partial charge on any atom is 0.305 e. The first-order chi connectivity index (χ1) is 38.0. The number of hydrogen-bond donors (Lipinski definition) is 3. The Balaban J connectivity index is 3.48. The van der Waals surface area contributed by atoms with Gasteiger partial charge in [0.15, 0.2) is 0 Å². The van der Waals surface area contributed by atoms with Gasteiger partial charge in [-0.15, -0.1) is 0 Å². The predicted molar refractivity (Wildman–Crippen MR) is 338 cm³/mol. The van der Waals surface area contributed by atoms with Crippen molar-refractivity contribution in [1.82, 2.24) is 5.32 Å². The molecule has 0 spiro atoms. The van der Waals surface area contributed by atoms with Crippen LogP contribution in [0.25, 0.3) is 0 Å². The summed E-state index contributed by atoms with van der Waals surface area (Å²) in [4.78, 5) is 24.6. The van der Waals surface area contributed by atoms with Crippen molar-refractivity contribution >= 4 is 11.9 Å². The van der Waals surface area contributed by atoms with Gasteiger partial charge in [-0.1, -0.05) is 319 Å². The van der Waals surface area contributed by atoms with Crippen molar-refractivity contribution in [3.05, 3.63) is 60.8 Å². The number of esters is 1. The first-order valence-corrected chi connectivity index (χ1v) is 34.1. The third-order valence-corrected chi connectivity index (χ3v) is 15.5. The fourth-order valence-electron chi connectivity index (χ4n) is 10.3. The lowest BCUT2D eigenvalue weighted by Gasteiger charge is -2.20. The summed E-state index contributed by atoms with van der Waals surface area (Å²) in [5, 5.41) is 23.2. The molecule has 6 nitrogen and oxygen atoms in total. The maximum absolute atomic E-state index is 12.5. The molecular formula is C71H131NO5. The molecule has 0 saturated heterocycles. The summed E-state index contributed by atoms with van der Waals surface area (Å²) in [5.74, 6) is -0.110. The van der Waals surface area contributed by atoms with Crippen molar-refractivity contribution in [2.75, 3.05) is 13.2 Å². The molecule has 0 aliphatic carbocycles. The largest absolute Gasteiger partial charge is 0.465 e. The van der Waals surface area contributed by atoms with Crippen LogP contribution in [0.3, 0.4) is 0 Å². The molecule has 0 heterocycles. The van der Waals surface area contributed by atoms with Crippen molar-refractivity contribution < 1.29 is 24.5 Å². The lowest BCUT2D eigenvalue weighted by Crippen LogP contribution is -2.45. The molecule has 2 atom stereocenters. The fraction of sp³-hybridized carbons (Fsp3) is 0.831. The summed E-state index contributed by atoms with van der Waals surface area (Å²) in [6.07, 6.45) is 87.2. The standard InChI is InChI=1S/C71H131NO5/c1-3-5-7-9-11-13-15-17-19-21-23-28-31-35-39-43-47-51-55-59-63-69(74)68(67-73)72-70(75)64-60-56-52-48-44-40-36-32-29-25-24-26-30-34-38-42-46-50-54-58-62-66-77-71(76)65-61-57-53-49-45-41-37-33-27-22-20-18-16-14-12-10-8-6-4-2/h12,14,18,20,42,46,54,58-59,63,68-69,73-74H,3-11,13,15-17,19,21-41,43-45,47-53,55-57,60-62,64-67H2,1-2H3,(H,72,75)/b14-12-,20-18-,46-42-,58-54-,63-59+. The fourth-order valence-corrected chi connectivity index (χ4v) is 10.3. The molecule has 0 fully saturated rings. The van der Waals surface area contributed by atoms with Crippen LogP contribution < -0.4 is 5.32 Å². The van der Waals surface area contributed by atoms with E-state index in [-0.39, 0.29) is 18.5 Å². The molecule has 3 N–H and O–H groups in total. The van der Waals surface area contributed by atoms with Gasteiger partial charge in [-0.3, -0.25) is 9.59 Å². The molecular weight excluding hydrogens is 947 g/mol. The molecule has 77 heavy (non-hydrogen) atoms. The monoisotopic (exact) mass is 1080 g/mol. The van der Waals surface area contributed by atoms with Crippen LogP contribution in [0, 0.1) is 0 Å². The molecule has 0 aromatic heterocycles. The van der Waals surface area contributed by atoms with Gasteiger partial charge in [0.05, 0.1) is 25.4 Å². The van der Waals surface area contributed by atoms with Gasteiger partial charge in [0.2, 0.25) is 5.91 Å². The van der Waals surface area contributed by atoms with Crippen LogP contribution in [0.2, 0.25) is 0 Å². The highest BCUT2D eigenvalue weighted by molar-refractivity contribution is 5.76. The van der Waals surface area contributed by atoms with Crippen molar-refractivity contribution in [2.24, 2.45) is 0 Å². The van der Waals surface area contributed by atoms with E-state index in [9.17, 15) is 19.8 Å². The number of allylic oxidation sites excluding steroid dienone is 8. The molecule has 0 rings (SSSR count). The quantitative estimate of drug-likeness (QED) is 0.0320. The zero-order valence-electron chi connectivity index (χ0n) is 51.4. The van der Waals surface area contributed by atoms with E-state index in [4.69, 9.17) is 4.74 Å². The Morgan fingerprint density at radius 2 is 0.649 bits per heavy atom. The van der Waals surface area contributed by atoms with E-state index in [0.717, 1.165) is 57.8 Å². The van der Waals surface area contributed by atoms with Crippen LogP contribution in [0.1, 0.15) is 354 Å². The van der Waals surface area contributed by atoms with Gasteiger partial charge >= 0.3 is 5.97 Å². The highest BCUT2D eigenvalue weighted by Crippen LogP contribution is 2.18. The Hall–Kier alpha value is -2.44. The van der Waals surface area contributed by atoms with E-state index in [0.29, 0.717) is 19.4 Å². The lowest BCUT2D eigenvalue weighted by atomic mass is 10.0. The van der Waals surface area contributed by atoms with Crippen LogP contribution >= 0.6 is 0 Å². The number of aliphatic hydroxyl groups excluding tert-OH is 2. The number of rotatable bonds is 63. The van der Waals surface area contributed by atoms with E-state index in [2.05, 4.69) is 67.8 Å². The van der Waals surface area contributed by atoms with Gasteiger partial charge in [0.25, 0.3) is 0 Å². The second-order valence-corrected chi connectivity index (χ2v) is 23.1. The van der Waals surface area contributed by atoms with E-state index >= 15 is 0 Å². The number of carbonyl (C=O) groups excluding carboxylic acids is 2. The van der Waals surface area contributed by atoms with E-state index < -0.39 is 12.1 Å². The van der Waals surface area contributed by atoms with E-state index in [1.54, 1.807) is 6.08 Å². The van der Waals surface area contributed by atoms with E-state index in [1.165, 1.54) is 270 Å². The van der Waals surface area contributed by atoms with Crippen LogP contribution in [0.15, 0.2) is 60.8 Å². The van der Waals surface area contributed by atoms with Gasteiger partial charge in [-0.2, -0.15) is 0 Å². The Labute approximate surface area is 479 Å². The third kappa shape index (κ3) is 62.6. The minimum absolute atomic E-state index is 0.0397. The van der Waals surface area contributed by atoms with Gasteiger partial charge < -0.3 is 20.3 Å². The summed E-state index contributed by atoms with van der Waals surface area (Å²) in [5.41, 5.74) is 0. The normalized spacial score (nSPS) is 12.9. The van der Waals surface area contributed by atoms with Crippen molar-refractivity contribution in [3.8, 4) is 0 Å². The molecule has 0 bridgehead atoms. The number of ether oxygens (including phenoxy) is 1. The van der Waals surface area contributed by atoms with Crippen molar-refractivity contribution in [2.45, 2.75) is 366 Å². The minimum Gasteiger partial charge on any atom is -0.465 e. The van der Waals surface area contributed by atoms with Crippen LogP contribution in [-0.2, 0) is 14.3 Å². The summed E-state index contributed by atoms with van der Waals surface area (Å²) >= 11 is 0. The molecule has 2 unspecified atom stereocenters. The average Bonchev–Trinajstić information content (AvgIpc) is 3.43. The third-order valence-electron chi connectivity index (χ3n) is 15.5. The average molecular weight is 1080 g/mol. The number of aliphatic hydroxyl groups is 2. The zero-order chi connectivity index (χ0) is 55.7. The number of hydrogen-bond acceptors (Lipinski definition) is 5. The molecule has 6 heteroatoms. The summed E-state index contributed by atoms with van der Waals surface area (Å²) in [6.45, 7) is 4.79. The number of nitrogens with one attached hydrogen (secondary N) is 1. The van der Waals surface area contributed by atoms with E-state index in [1.807, 2.05) is 6.08 Å². The highest BCUT2D eigenvalue weighted by Gasteiger charge is 2.18. The molecule has 0 aromatic rings. The van der Waals surface area contributed by atoms with Crippen LogP contribution in [0.5, 0.6) is 0 Å². The number of amides is 1. The highest BCUT2D eigenvalue weighted by atomic mass is 16.5. The first-order valence-electron chi connectivity index (χ1n) is 34.1. The summed E-state index contributed by atoms with van der Waals surface area (Å²) in [6, 6.07) is -0.634. The Morgan fingerprint density at radius 3 is 1.01 bits per heavy atom. The smallest absolute Gasteiger partial charge is 0.305 e. The molecule has 450 valence electrons. The molecule has 0 saturated carbocycles. The minimum atomic E-state index is -0.850. The molecule has 0 aromatic carbocycles. The first kappa shape index (κ1) is 74.6. The molecule has 0 aliphatic heterocycles. The van der Waals surface area contributed by atoms with Gasteiger partial charge in [0, 0.05) is 12.8 Å². The lowest BCUT2D eigenvalue weighted by molar-refractivity contribution is -0.143. The Kier molecular flexibility index (Phi) is 64.0. The summed E-state index contributed by atoms with van der Waals surface area (Å²) in [7, 11) is 0. The van der Waals surface area contributed by atoms with Gasteiger partial charge in [-0.05, 0) is 83.5 Å². The maximum atomic E-state index is 12.5. The number of unbranched alkanes of at least 4 members (excludes halogenated alkanes) is 44. The molecule has 1 amide bonds. The van der Waals surface area contributed by atoms with Gasteiger partial charge in [-0.25, -0.2) is 0 Å². The second kappa shape index (κ2) is 66.1. The predicted octanol–water partition coefficient (Wildman–Crippen LogP) is 21.9. The van der Waals surface area contributed by atoms with Crippen molar-refractivity contribution in [1.29, 1.82) is 0 Å². The molecule has 0 aliphatic rings. The number of carbonyl (C=O) groups is 2. The van der Waals surface area contributed by atoms with Crippen molar-refractivity contribution in [3.63, 3.8) is 0 Å². The topological polar surface area (TPSA) is 95.9 Å². The van der Waals surface area contributed by atoms with Gasteiger partial charge in [0.1, 0.15) is 0 Å².